The number of hydrogen-bond acceptors (Lipinski definition) is 4. The van der Waals surface area contributed by atoms with Crippen molar-refractivity contribution in [3.8, 4) is 0 Å². The van der Waals surface area contributed by atoms with Crippen molar-refractivity contribution in [3.63, 3.8) is 0 Å². The van der Waals surface area contributed by atoms with Crippen molar-refractivity contribution in [1.29, 1.82) is 0 Å². The number of likely N-dealkylation sites (tertiary alicyclic amines) is 1. The van der Waals surface area contributed by atoms with E-state index in [1.54, 1.807) is 7.05 Å². The normalized spacial score (nSPS) is 15.6. The highest BCUT2D eigenvalue weighted by molar-refractivity contribution is 14.0. The maximum atomic E-state index is 11.6. The fraction of sp³-hybridized carbons (Fsp3) is 0.833. The smallest absolute Gasteiger partial charge is 0.407 e. The maximum absolute atomic E-state index is 11.6. The number of amides is 2. The van der Waals surface area contributed by atoms with E-state index in [0.29, 0.717) is 25.4 Å². The van der Waals surface area contributed by atoms with Crippen molar-refractivity contribution in [2.45, 2.75) is 52.6 Å². The van der Waals surface area contributed by atoms with Gasteiger partial charge in [-0.3, -0.25) is 9.79 Å². The van der Waals surface area contributed by atoms with Crippen LogP contribution in [0.1, 0.15) is 47.0 Å². The van der Waals surface area contributed by atoms with Crippen LogP contribution in [0, 0.1) is 5.92 Å². The summed E-state index contributed by atoms with van der Waals surface area (Å²) in [6, 6.07) is 0. The maximum Gasteiger partial charge on any atom is 0.407 e. The Hall–Kier alpha value is -1.26. The van der Waals surface area contributed by atoms with Crippen LogP contribution < -0.4 is 16.0 Å². The molecule has 0 atom stereocenters. The molecule has 0 spiro atoms. The van der Waals surface area contributed by atoms with Gasteiger partial charge in [0.2, 0.25) is 5.91 Å². The van der Waals surface area contributed by atoms with E-state index in [-0.39, 0.29) is 29.9 Å². The van der Waals surface area contributed by atoms with Gasteiger partial charge in [-0.05, 0) is 46.5 Å². The van der Waals surface area contributed by atoms with Gasteiger partial charge in [0.15, 0.2) is 5.96 Å². The highest BCUT2D eigenvalue weighted by atomic mass is 127. The van der Waals surface area contributed by atoms with Gasteiger partial charge in [-0.15, -0.1) is 24.0 Å². The minimum absolute atomic E-state index is 0. The van der Waals surface area contributed by atoms with Gasteiger partial charge in [0, 0.05) is 39.6 Å². The number of aliphatic imine (C=N–C) groups is 1. The van der Waals surface area contributed by atoms with Gasteiger partial charge in [0.1, 0.15) is 5.60 Å². The molecule has 0 aromatic carbocycles. The van der Waals surface area contributed by atoms with Gasteiger partial charge in [-0.25, -0.2) is 4.79 Å². The van der Waals surface area contributed by atoms with Crippen LogP contribution in [0.3, 0.4) is 0 Å². The van der Waals surface area contributed by atoms with E-state index in [4.69, 9.17) is 4.74 Å². The first-order valence-electron chi connectivity index (χ1n) is 9.45. The standard InChI is InChI=1S/C18H35N5O3.HI/c1-6-20-16(21-9-10-22-17(25)26-18(2,3)4)23-11-7-14(8-12-23)13-15(24)19-5;/h14H,6-13H2,1-5H3,(H,19,24)(H,20,21)(H,22,25);1H. The average molecular weight is 497 g/mol. The summed E-state index contributed by atoms with van der Waals surface area (Å²) in [6.07, 6.45) is 2.13. The van der Waals surface area contributed by atoms with Gasteiger partial charge in [0.05, 0.1) is 6.54 Å². The van der Waals surface area contributed by atoms with E-state index in [1.807, 2.05) is 27.7 Å². The van der Waals surface area contributed by atoms with Crippen molar-refractivity contribution in [1.82, 2.24) is 20.9 Å². The highest BCUT2D eigenvalue weighted by Gasteiger charge is 2.23. The molecule has 0 saturated carbocycles. The molecule has 1 rings (SSSR count). The largest absolute Gasteiger partial charge is 0.444 e. The lowest BCUT2D eigenvalue weighted by Gasteiger charge is -2.34. The molecule has 0 radical (unpaired) electrons. The number of carbonyl (C=O) groups excluding carboxylic acids is 2. The van der Waals surface area contributed by atoms with Crippen molar-refractivity contribution in [2.75, 3.05) is 39.8 Å². The molecule has 1 aliphatic heterocycles. The van der Waals surface area contributed by atoms with Gasteiger partial charge < -0.3 is 25.6 Å². The molecule has 2 amide bonds. The lowest BCUT2D eigenvalue weighted by molar-refractivity contribution is -0.121. The van der Waals surface area contributed by atoms with Crippen molar-refractivity contribution in [2.24, 2.45) is 10.9 Å². The molecular formula is C18H36IN5O3. The molecule has 0 aliphatic carbocycles. The lowest BCUT2D eigenvalue weighted by atomic mass is 9.93. The molecule has 9 heteroatoms. The van der Waals surface area contributed by atoms with Crippen LogP contribution in [0.25, 0.3) is 0 Å². The van der Waals surface area contributed by atoms with Crippen LogP contribution >= 0.6 is 24.0 Å². The zero-order valence-corrected chi connectivity index (χ0v) is 19.6. The first-order valence-corrected chi connectivity index (χ1v) is 9.45. The number of rotatable bonds is 6. The summed E-state index contributed by atoms with van der Waals surface area (Å²) in [5.74, 6) is 1.40. The summed E-state index contributed by atoms with van der Waals surface area (Å²) in [7, 11) is 1.68. The van der Waals surface area contributed by atoms with E-state index in [0.717, 1.165) is 38.4 Å². The summed E-state index contributed by atoms with van der Waals surface area (Å²) in [5.41, 5.74) is -0.499. The Balaban J connectivity index is 0.00000676. The Kier molecular flexibility index (Phi) is 12.4. The zero-order valence-electron chi connectivity index (χ0n) is 17.3. The summed E-state index contributed by atoms with van der Waals surface area (Å²) < 4.78 is 5.20. The quantitative estimate of drug-likeness (QED) is 0.226. The van der Waals surface area contributed by atoms with Crippen molar-refractivity contribution in [3.05, 3.63) is 0 Å². The monoisotopic (exact) mass is 497 g/mol. The molecule has 0 aromatic rings. The second-order valence-electron chi connectivity index (χ2n) is 7.47. The van der Waals surface area contributed by atoms with Crippen molar-refractivity contribution < 1.29 is 14.3 Å². The van der Waals surface area contributed by atoms with Gasteiger partial charge in [-0.1, -0.05) is 0 Å². The van der Waals surface area contributed by atoms with E-state index >= 15 is 0 Å². The van der Waals surface area contributed by atoms with Crippen LogP contribution in [0.5, 0.6) is 0 Å². The van der Waals surface area contributed by atoms with Gasteiger partial charge in [0.25, 0.3) is 0 Å². The zero-order chi connectivity index (χ0) is 19.6. The molecule has 158 valence electrons. The number of nitrogens with one attached hydrogen (secondary N) is 3. The number of carbonyl (C=O) groups is 2. The predicted molar refractivity (Wildman–Crippen MR) is 119 cm³/mol. The second-order valence-corrected chi connectivity index (χ2v) is 7.47. The molecule has 1 aliphatic rings. The van der Waals surface area contributed by atoms with Gasteiger partial charge in [-0.2, -0.15) is 0 Å². The average Bonchev–Trinajstić information content (AvgIpc) is 2.56. The van der Waals surface area contributed by atoms with E-state index in [2.05, 4.69) is 25.8 Å². The molecule has 1 saturated heterocycles. The molecule has 0 unspecified atom stereocenters. The Morgan fingerprint density at radius 1 is 1.19 bits per heavy atom. The molecule has 8 nitrogen and oxygen atoms in total. The molecule has 27 heavy (non-hydrogen) atoms. The van der Waals surface area contributed by atoms with Gasteiger partial charge >= 0.3 is 6.09 Å². The fourth-order valence-corrected chi connectivity index (χ4v) is 2.77. The number of guanidine groups is 1. The van der Waals surface area contributed by atoms with E-state index < -0.39 is 11.7 Å². The number of ether oxygens (including phenoxy) is 1. The van der Waals surface area contributed by atoms with Crippen LogP contribution in [-0.2, 0) is 9.53 Å². The van der Waals surface area contributed by atoms with Crippen LogP contribution in [0.2, 0.25) is 0 Å². The third-order valence-electron chi connectivity index (χ3n) is 4.04. The molecule has 0 bridgehead atoms. The van der Waals surface area contributed by atoms with Crippen LogP contribution in [0.4, 0.5) is 4.79 Å². The topological polar surface area (TPSA) is 95.1 Å². The summed E-state index contributed by atoms with van der Waals surface area (Å²) in [4.78, 5) is 30.0. The third kappa shape index (κ3) is 11.2. The van der Waals surface area contributed by atoms with E-state index in [1.165, 1.54) is 0 Å². The third-order valence-corrected chi connectivity index (χ3v) is 4.04. The summed E-state index contributed by atoms with van der Waals surface area (Å²) >= 11 is 0. The predicted octanol–water partition coefficient (Wildman–Crippen LogP) is 1.94. The number of nitrogens with zero attached hydrogens (tertiary/aromatic N) is 2. The number of hydrogen-bond donors (Lipinski definition) is 3. The Bertz CT molecular complexity index is 486. The van der Waals surface area contributed by atoms with E-state index in [9.17, 15) is 9.59 Å². The fourth-order valence-electron chi connectivity index (χ4n) is 2.77. The Morgan fingerprint density at radius 2 is 1.81 bits per heavy atom. The SMILES string of the molecule is CCNC(=NCCNC(=O)OC(C)(C)C)N1CCC(CC(=O)NC)CC1.I. The number of halogens is 1. The summed E-state index contributed by atoms with van der Waals surface area (Å²) in [6.45, 7) is 11.0. The molecular weight excluding hydrogens is 461 g/mol. The first-order chi connectivity index (χ1) is 12.2. The highest BCUT2D eigenvalue weighted by Crippen LogP contribution is 2.20. The molecule has 0 aromatic heterocycles. The number of piperidine rings is 1. The minimum atomic E-state index is -0.499. The Morgan fingerprint density at radius 3 is 2.33 bits per heavy atom. The van der Waals surface area contributed by atoms with Crippen molar-refractivity contribution >= 4 is 41.9 Å². The molecule has 1 fully saturated rings. The minimum Gasteiger partial charge on any atom is -0.444 e. The lowest BCUT2D eigenvalue weighted by Crippen LogP contribution is -2.46. The summed E-state index contributed by atoms with van der Waals surface area (Å²) in [5, 5.41) is 8.70. The van der Waals surface area contributed by atoms with Crippen LogP contribution in [0.15, 0.2) is 4.99 Å². The molecule has 1 heterocycles. The van der Waals surface area contributed by atoms with Crippen LogP contribution in [-0.4, -0.2) is 68.2 Å². The Labute approximate surface area is 180 Å². The molecule has 3 N–H and O–H groups in total. The second kappa shape index (κ2) is 13.0. The first kappa shape index (κ1) is 25.7. The number of alkyl carbamates (subject to hydrolysis) is 1.